The first-order valence-corrected chi connectivity index (χ1v) is 8.89. The Hall–Kier alpha value is -1.16. The Morgan fingerprint density at radius 1 is 1.04 bits per heavy atom. The highest BCUT2D eigenvalue weighted by Gasteiger charge is 2.64. The number of carbonyl (C=O) groups excluding carboxylic acids is 2. The summed E-state index contributed by atoms with van der Waals surface area (Å²) in [7, 11) is 0. The van der Waals surface area contributed by atoms with Crippen LogP contribution in [0.1, 0.15) is 52.4 Å². The topological polar surface area (TPSA) is 74.6 Å². The van der Waals surface area contributed by atoms with E-state index in [-0.39, 0.29) is 40.7 Å². The van der Waals surface area contributed by atoms with Gasteiger partial charge < -0.3 is 10.2 Å². The van der Waals surface area contributed by atoms with Gasteiger partial charge in [-0.2, -0.15) is 0 Å². The van der Waals surface area contributed by atoms with Crippen LogP contribution in [0.4, 0.5) is 0 Å². The van der Waals surface area contributed by atoms with Gasteiger partial charge in [0.15, 0.2) is 5.78 Å². The average molecular weight is 318 g/mol. The number of allylic oxidation sites excluding steroid dienone is 2. The number of ketones is 2. The number of Topliss-reactive ketones (excluding diaryl/α,β-unsaturated/α-hetero) is 2. The summed E-state index contributed by atoms with van der Waals surface area (Å²) in [5.41, 5.74) is -0.396. The molecule has 3 fully saturated rings. The number of hydrogen-bond donors (Lipinski definition) is 2. The van der Waals surface area contributed by atoms with E-state index in [1.807, 2.05) is 13.0 Å². The van der Waals surface area contributed by atoms with Crippen molar-refractivity contribution in [2.45, 2.75) is 58.5 Å². The van der Waals surface area contributed by atoms with E-state index >= 15 is 0 Å². The number of fused-ring (bicyclic) bond motifs is 5. The summed E-state index contributed by atoms with van der Waals surface area (Å²) >= 11 is 0. The third-order valence-electron chi connectivity index (χ3n) is 7.89. The van der Waals surface area contributed by atoms with Crippen LogP contribution < -0.4 is 0 Å². The van der Waals surface area contributed by atoms with Crippen LogP contribution in [0, 0.1) is 34.5 Å². The maximum Gasteiger partial charge on any atom is 0.162 e. The van der Waals surface area contributed by atoms with E-state index in [1.54, 1.807) is 0 Å². The lowest BCUT2D eigenvalue weighted by Crippen LogP contribution is -2.56. The molecule has 0 bridgehead atoms. The second-order valence-electron chi connectivity index (χ2n) is 8.83. The van der Waals surface area contributed by atoms with E-state index in [2.05, 4.69) is 6.92 Å². The molecule has 0 aliphatic heterocycles. The Bertz CT molecular complexity index is 608. The molecular formula is C19H26O4. The maximum atomic E-state index is 12.9. The molecule has 3 saturated carbocycles. The monoisotopic (exact) mass is 318 g/mol. The van der Waals surface area contributed by atoms with Gasteiger partial charge in [0.2, 0.25) is 0 Å². The molecule has 4 aliphatic rings. The van der Waals surface area contributed by atoms with Gasteiger partial charge in [0.25, 0.3) is 0 Å². The zero-order chi connectivity index (χ0) is 16.6. The van der Waals surface area contributed by atoms with Gasteiger partial charge in [-0.25, -0.2) is 0 Å². The number of aliphatic hydroxyl groups is 2. The summed E-state index contributed by atoms with van der Waals surface area (Å²) in [5, 5.41) is 20.2. The minimum atomic E-state index is -0.901. The van der Waals surface area contributed by atoms with Crippen LogP contribution in [-0.2, 0) is 9.59 Å². The largest absolute Gasteiger partial charge is 0.513 e. The highest BCUT2D eigenvalue weighted by atomic mass is 16.3. The van der Waals surface area contributed by atoms with Gasteiger partial charge >= 0.3 is 0 Å². The van der Waals surface area contributed by atoms with E-state index in [1.165, 1.54) is 0 Å². The fraction of sp³-hybridized carbons (Fsp3) is 0.789. The van der Waals surface area contributed by atoms with E-state index in [9.17, 15) is 19.8 Å². The highest BCUT2D eigenvalue weighted by molar-refractivity contribution is 5.90. The third-order valence-corrected chi connectivity index (χ3v) is 7.89. The van der Waals surface area contributed by atoms with Crippen molar-refractivity contribution in [2.75, 3.05) is 0 Å². The van der Waals surface area contributed by atoms with Crippen molar-refractivity contribution in [3.8, 4) is 0 Å². The Balaban J connectivity index is 1.74. The molecule has 0 radical (unpaired) electrons. The molecule has 4 rings (SSSR count). The van der Waals surface area contributed by atoms with Gasteiger partial charge in [0.05, 0.1) is 5.76 Å². The predicted octanol–water partition coefficient (Wildman–Crippen LogP) is 2.80. The summed E-state index contributed by atoms with van der Waals surface area (Å²) in [6.45, 7) is 4.26. The standard InChI is InChI=1S/C19H26O4/c1-18-5-3-11(20)7-10(18)8-14(21)16-12(18)4-6-19(2)13(16)9-15(22)17(19)23/h3,10,12-13,16-17,20,23H,4-9H2,1-2H3/t10?,12-,13-,16+,17-,18-,19-/m0/s1. The first kappa shape index (κ1) is 15.4. The van der Waals surface area contributed by atoms with Gasteiger partial charge in [-0.3, -0.25) is 9.59 Å². The fourth-order valence-electron chi connectivity index (χ4n) is 6.32. The molecule has 23 heavy (non-hydrogen) atoms. The van der Waals surface area contributed by atoms with Crippen molar-refractivity contribution in [1.82, 2.24) is 0 Å². The van der Waals surface area contributed by atoms with Crippen LogP contribution in [0.25, 0.3) is 0 Å². The molecule has 4 aliphatic carbocycles. The number of carbonyl (C=O) groups is 2. The summed E-state index contributed by atoms with van der Waals surface area (Å²) in [5.74, 6) is 0.982. The summed E-state index contributed by atoms with van der Waals surface area (Å²) in [6, 6.07) is 0. The van der Waals surface area contributed by atoms with Crippen molar-refractivity contribution in [2.24, 2.45) is 34.5 Å². The molecule has 0 aromatic carbocycles. The lowest BCUT2D eigenvalue weighted by molar-refractivity contribution is -0.155. The van der Waals surface area contributed by atoms with Crippen molar-refractivity contribution < 1.29 is 19.8 Å². The number of rotatable bonds is 0. The molecule has 1 unspecified atom stereocenters. The van der Waals surface area contributed by atoms with E-state index in [0.29, 0.717) is 25.0 Å². The molecule has 2 N–H and O–H groups in total. The van der Waals surface area contributed by atoms with Crippen molar-refractivity contribution >= 4 is 11.6 Å². The normalized spacial score (nSPS) is 52.5. The minimum Gasteiger partial charge on any atom is -0.513 e. The summed E-state index contributed by atoms with van der Waals surface area (Å²) < 4.78 is 0. The van der Waals surface area contributed by atoms with Crippen LogP contribution >= 0.6 is 0 Å². The smallest absolute Gasteiger partial charge is 0.162 e. The highest BCUT2D eigenvalue weighted by Crippen LogP contribution is 2.64. The lowest BCUT2D eigenvalue weighted by atomic mass is 9.45. The molecule has 0 heterocycles. The van der Waals surface area contributed by atoms with E-state index in [0.717, 1.165) is 19.3 Å². The molecule has 0 spiro atoms. The summed E-state index contributed by atoms with van der Waals surface area (Å²) in [4.78, 5) is 25.1. The predicted molar refractivity (Wildman–Crippen MR) is 84.6 cm³/mol. The fourth-order valence-corrected chi connectivity index (χ4v) is 6.32. The second kappa shape index (κ2) is 4.69. The van der Waals surface area contributed by atoms with Crippen LogP contribution in [0.3, 0.4) is 0 Å². The zero-order valence-electron chi connectivity index (χ0n) is 13.9. The van der Waals surface area contributed by atoms with Gasteiger partial charge in [-0.15, -0.1) is 0 Å². The maximum absolute atomic E-state index is 12.9. The van der Waals surface area contributed by atoms with E-state index < -0.39 is 11.5 Å². The van der Waals surface area contributed by atoms with Crippen LogP contribution in [0.2, 0.25) is 0 Å². The van der Waals surface area contributed by atoms with Gasteiger partial charge in [0, 0.05) is 30.6 Å². The molecule has 4 heteroatoms. The first-order chi connectivity index (χ1) is 10.8. The molecule has 0 amide bonds. The Morgan fingerprint density at radius 2 is 1.78 bits per heavy atom. The van der Waals surface area contributed by atoms with E-state index in [4.69, 9.17) is 0 Å². The Kier molecular flexibility index (Phi) is 3.13. The Labute approximate surface area is 137 Å². The number of hydrogen-bond acceptors (Lipinski definition) is 4. The van der Waals surface area contributed by atoms with Crippen LogP contribution in [0.5, 0.6) is 0 Å². The number of aliphatic hydroxyl groups excluding tert-OH is 2. The van der Waals surface area contributed by atoms with Gasteiger partial charge in [0.1, 0.15) is 11.9 Å². The zero-order valence-corrected chi connectivity index (χ0v) is 13.9. The Morgan fingerprint density at radius 3 is 2.52 bits per heavy atom. The lowest BCUT2D eigenvalue weighted by Gasteiger charge is -2.58. The van der Waals surface area contributed by atoms with Crippen molar-refractivity contribution in [3.63, 3.8) is 0 Å². The van der Waals surface area contributed by atoms with Crippen molar-refractivity contribution in [1.29, 1.82) is 0 Å². The molecule has 0 aromatic rings. The molecule has 126 valence electrons. The van der Waals surface area contributed by atoms with Crippen LogP contribution in [-0.4, -0.2) is 27.9 Å². The van der Waals surface area contributed by atoms with Crippen LogP contribution in [0.15, 0.2) is 11.8 Å². The average Bonchev–Trinajstić information content (AvgIpc) is 2.73. The summed E-state index contributed by atoms with van der Waals surface area (Å²) in [6.07, 6.45) is 5.02. The third kappa shape index (κ3) is 1.87. The molecule has 7 atom stereocenters. The second-order valence-corrected chi connectivity index (χ2v) is 8.83. The van der Waals surface area contributed by atoms with Crippen molar-refractivity contribution in [3.05, 3.63) is 11.8 Å². The molecular weight excluding hydrogens is 292 g/mol. The van der Waals surface area contributed by atoms with Gasteiger partial charge in [-0.05, 0) is 48.5 Å². The first-order valence-electron chi connectivity index (χ1n) is 8.89. The minimum absolute atomic E-state index is 0.00599. The quantitative estimate of drug-likeness (QED) is 0.720. The van der Waals surface area contributed by atoms with Gasteiger partial charge in [-0.1, -0.05) is 13.8 Å². The SMILES string of the molecule is C[C@]12CC[C@H]3[C@@H](C(=O)CC4CC(O)=CC[C@@]43C)[C@@H]1CC(=O)[C@@H]2O. The molecule has 0 saturated heterocycles. The molecule has 4 nitrogen and oxygen atoms in total. The molecule has 0 aromatic heterocycles.